The van der Waals surface area contributed by atoms with Crippen LogP contribution >= 0.6 is 0 Å². The van der Waals surface area contributed by atoms with Gasteiger partial charge in [0.25, 0.3) is 0 Å². The largest absolute Gasteiger partial charge is 0.493 e. The zero-order valence-corrected chi connectivity index (χ0v) is 13.6. The van der Waals surface area contributed by atoms with Crippen LogP contribution in [0.4, 0.5) is 0 Å². The van der Waals surface area contributed by atoms with E-state index in [2.05, 4.69) is 50.4 Å². The van der Waals surface area contributed by atoms with E-state index in [1.165, 1.54) is 31.2 Å². The molecule has 2 unspecified atom stereocenters. The zero-order valence-electron chi connectivity index (χ0n) is 13.6. The molecule has 114 valence electrons. The van der Waals surface area contributed by atoms with Gasteiger partial charge in [-0.1, -0.05) is 58.2 Å². The highest BCUT2D eigenvalue weighted by molar-refractivity contribution is 5.35. The van der Waals surface area contributed by atoms with Crippen molar-refractivity contribution >= 4 is 0 Å². The predicted octanol–water partition coefficient (Wildman–Crippen LogP) is 4.95. The molecule has 0 bridgehead atoms. The first-order valence-corrected chi connectivity index (χ1v) is 8.15. The second-order valence-electron chi connectivity index (χ2n) is 5.51. The van der Waals surface area contributed by atoms with Gasteiger partial charge in [-0.2, -0.15) is 0 Å². The Balaban J connectivity index is 2.67. The molecular formula is C18H31NO. The predicted molar refractivity (Wildman–Crippen MR) is 87.3 cm³/mol. The van der Waals surface area contributed by atoms with Crippen molar-refractivity contribution < 1.29 is 4.74 Å². The SMILES string of the molecule is CCCCC(CC)COc1ccccc1C(CC)NC. The minimum atomic E-state index is 0.377. The van der Waals surface area contributed by atoms with Crippen LogP contribution in [0.15, 0.2) is 24.3 Å². The van der Waals surface area contributed by atoms with Gasteiger partial charge in [0.2, 0.25) is 0 Å². The van der Waals surface area contributed by atoms with Gasteiger partial charge in [0.05, 0.1) is 6.61 Å². The molecule has 2 heteroatoms. The van der Waals surface area contributed by atoms with Crippen molar-refractivity contribution in [2.24, 2.45) is 5.92 Å². The molecule has 0 amide bonds. The summed E-state index contributed by atoms with van der Waals surface area (Å²) in [6.45, 7) is 7.56. The van der Waals surface area contributed by atoms with Crippen LogP contribution < -0.4 is 10.1 Å². The molecular weight excluding hydrogens is 246 g/mol. The van der Waals surface area contributed by atoms with Crippen molar-refractivity contribution in [1.82, 2.24) is 5.32 Å². The summed E-state index contributed by atoms with van der Waals surface area (Å²) in [5, 5.41) is 3.36. The topological polar surface area (TPSA) is 21.3 Å². The first-order valence-electron chi connectivity index (χ1n) is 8.15. The Morgan fingerprint density at radius 3 is 2.45 bits per heavy atom. The van der Waals surface area contributed by atoms with E-state index in [9.17, 15) is 0 Å². The van der Waals surface area contributed by atoms with Crippen molar-refractivity contribution in [2.75, 3.05) is 13.7 Å². The molecule has 0 aromatic heterocycles. The molecule has 2 atom stereocenters. The lowest BCUT2D eigenvalue weighted by Crippen LogP contribution is -2.18. The summed E-state index contributed by atoms with van der Waals surface area (Å²) in [6, 6.07) is 8.81. The van der Waals surface area contributed by atoms with E-state index in [1.54, 1.807) is 0 Å². The first kappa shape index (κ1) is 17.0. The maximum atomic E-state index is 6.13. The van der Waals surface area contributed by atoms with Gasteiger partial charge in [-0.05, 0) is 31.9 Å². The highest BCUT2D eigenvalue weighted by Gasteiger charge is 2.13. The molecule has 1 aromatic rings. The summed E-state index contributed by atoms with van der Waals surface area (Å²) in [6.07, 6.45) is 6.12. The minimum Gasteiger partial charge on any atom is -0.493 e. The Bertz CT molecular complexity index is 360. The van der Waals surface area contributed by atoms with Crippen LogP contribution in [0.1, 0.15) is 64.5 Å². The maximum Gasteiger partial charge on any atom is 0.124 e. The van der Waals surface area contributed by atoms with Gasteiger partial charge in [0.15, 0.2) is 0 Å². The summed E-state index contributed by atoms with van der Waals surface area (Å²) in [4.78, 5) is 0. The van der Waals surface area contributed by atoms with Gasteiger partial charge in [-0.15, -0.1) is 0 Å². The molecule has 0 aliphatic carbocycles. The first-order chi connectivity index (χ1) is 9.76. The summed E-state index contributed by atoms with van der Waals surface area (Å²) in [7, 11) is 2.01. The van der Waals surface area contributed by atoms with Crippen LogP contribution in [-0.4, -0.2) is 13.7 Å². The third-order valence-corrected chi connectivity index (χ3v) is 4.07. The quantitative estimate of drug-likeness (QED) is 0.653. The van der Waals surface area contributed by atoms with E-state index >= 15 is 0 Å². The van der Waals surface area contributed by atoms with E-state index in [1.807, 2.05) is 7.05 Å². The van der Waals surface area contributed by atoms with Crippen LogP contribution in [0.5, 0.6) is 5.75 Å². The van der Waals surface area contributed by atoms with Crippen LogP contribution in [0.2, 0.25) is 0 Å². The summed E-state index contributed by atoms with van der Waals surface area (Å²) in [5.74, 6) is 1.72. The molecule has 2 nitrogen and oxygen atoms in total. The van der Waals surface area contributed by atoms with Gasteiger partial charge in [0, 0.05) is 11.6 Å². The van der Waals surface area contributed by atoms with Crippen molar-refractivity contribution in [3.8, 4) is 5.75 Å². The fourth-order valence-corrected chi connectivity index (χ4v) is 2.59. The Hall–Kier alpha value is -1.02. The fourth-order valence-electron chi connectivity index (χ4n) is 2.59. The van der Waals surface area contributed by atoms with E-state index < -0.39 is 0 Å². The lowest BCUT2D eigenvalue weighted by Gasteiger charge is -2.21. The molecule has 1 aromatic carbocycles. The van der Waals surface area contributed by atoms with Crippen molar-refractivity contribution in [3.05, 3.63) is 29.8 Å². The lowest BCUT2D eigenvalue weighted by atomic mass is 10.00. The molecule has 1 N–H and O–H groups in total. The van der Waals surface area contributed by atoms with Gasteiger partial charge in [0.1, 0.15) is 5.75 Å². The third-order valence-electron chi connectivity index (χ3n) is 4.07. The van der Waals surface area contributed by atoms with Crippen LogP contribution in [-0.2, 0) is 0 Å². The Morgan fingerprint density at radius 2 is 1.85 bits per heavy atom. The minimum absolute atomic E-state index is 0.377. The smallest absolute Gasteiger partial charge is 0.124 e. The molecule has 0 radical (unpaired) electrons. The number of benzene rings is 1. The lowest BCUT2D eigenvalue weighted by molar-refractivity contribution is 0.230. The zero-order chi connectivity index (χ0) is 14.8. The number of unbranched alkanes of at least 4 members (excludes halogenated alkanes) is 1. The summed E-state index contributed by atoms with van der Waals surface area (Å²) in [5.41, 5.74) is 1.28. The molecule has 0 spiro atoms. The van der Waals surface area contributed by atoms with Crippen molar-refractivity contribution in [1.29, 1.82) is 0 Å². The number of hydrogen-bond acceptors (Lipinski definition) is 2. The Kier molecular flexibility index (Phi) is 8.36. The monoisotopic (exact) mass is 277 g/mol. The molecule has 1 rings (SSSR count). The second-order valence-corrected chi connectivity index (χ2v) is 5.51. The standard InChI is InChI=1S/C18H31NO/c1-5-8-11-15(6-2)14-20-18-13-10-9-12-16(18)17(7-3)19-4/h9-10,12-13,15,17,19H,5-8,11,14H2,1-4H3. The Labute approximate surface area is 124 Å². The molecule has 20 heavy (non-hydrogen) atoms. The number of hydrogen-bond donors (Lipinski definition) is 1. The van der Waals surface area contributed by atoms with Crippen LogP contribution in [0, 0.1) is 5.92 Å². The molecule has 0 heterocycles. The van der Waals surface area contributed by atoms with Crippen LogP contribution in [0.3, 0.4) is 0 Å². The van der Waals surface area contributed by atoms with E-state index in [0.29, 0.717) is 12.0 Å². The molecule has 0 saturated heterocycles. The van der Waals surface area contributed by atoms with Crippen molar-refractivity contribution in [3.63, 3.8) is 0 Å². The average Bonchev–Trinajstić information content (AvgIpc) is 2.50. The molecule has 0 fully saturated rings. The van der Waals surface area contributed by atoms with Gasteiger partial charge >= 0.3 is 0 Å². The average molecular weight is 277 g/mol. The van der Waals surface area contributed by atoms with Gasteiger partial charge < -0.3 is 10.1 Å². The highest BCUT2D eigenvalue weighted by atomic mass is 16.5. The molecule has 0 saturated carbocycles. The fraction of sp³-hybridized carbons (Fsp3) is 0.667. The number of nitrogens with one attached hydrogen (secondary N) is 1. The van der Waals surface area contributed by atoms with E-state index in [4.69, 9.17) is 4.74 Å². The summed E-state index contributed by atoms with van der Waals surface area (Å²) >= 11 is 0. The van der Waals surface area contributed by atoms with E-state index in [-0.39, 0.29) is 0 Å². The third kappa shape index (κ3) is 5.16. The number of ether oxygens (including phenoxy) is 1. The van der Waals surface area contributed by atoms with E-state index in [0.717, 1.165) is 18.8 Å². The normalized spacial score (nSPS) is 14.0. The summed E-state index contributed by atoms with van der Waals surface area (Å²) < 4.78 is 6.13. The second kappa shape index (κ2) is 9.82. The molecule has 0 aliphatic heterocycles. The van der Waals surface area contributed by atoms with Gasteiger partial charge in [-0.25, -0.2) is 0 Å². The highest BCUT2D eigenvalue weighted by Crippen LogP contribution is 2.27. The van der Waals surface area contributed by atoms with Crippen molar-refractivity contribution in [2.45, 2.75) is 58.9 Å². The van der Waals surface area contributed by atoms with Gasteiger partial charge in [-0.3, -0.25) is 0 Å². The number of rotatable bonds is 10. The van der Waals surface area contributed by atoms with Crippen LogP contribution in [0.25, 0.3) is 0 Å². The maximum absolute atomic E-state index is 6.13. The Morgan fingerprint density at radius 1 is 1.10 bits per heavy atom. The number of para-hydroxylation sites is 1. The molecule has 0 aliphatic rings.